The number of carbonyl (C=O) groups excluding carboxylic acids is 1. The molecule has 4 nitrogen and oxygen atoms in total. The molecule has 0 radical (unpaired) electrons. The van der Waals surface area contributed by atoms with Crippen molar-refractivity contribution in [2.75, 3.05) is 6.54 Å². The number of nitrogens with one attached hydrogen (secondary N) is 1. The van der Waals surface area contributed by atoms with Gasteiger partial charge in [-0.2, -0.15) is 0 Å². The van der Waals surface area contributed by atoms with E-state index in [-0.39, 0.29) is 11.9 Å². The summed E-state index contributed by atoms with van der Waals surface area (Å²) in [4.78, 5) is 15.9. The van der Waals surface area contributed by atoms with E-state index in [0.29, 0.717) is 6.54 Å². The topological polar surface area (TPSA) is 46.9 Å². The molecule has 2 aromatic rings. The zero-order chi connectivity index (χ0) is 13.7. The summed E-state index contributed by atoms with van der Waals surface area (Å²) in [6, 6.07) is 7.80. The average molecular weight is 322 g/mol. The van der Waals surface area contributed by atoms with Gasteiger partial charge in [0.05, 0.1) is 6.33 Å². The summed E-state index contributed by atoms with van der Waals surface area (Å²) in [7, 11) is 0. The molecule has 0 fully saturated rings. The van der Waals surface area contributed by atoms with Gasteiger partial charge in [-0.15, -0.1) is 0 Å². The van der Waals surface area contributed by atoms with Crippen molar-refractivity contribution < 1.29 is 4.79 Å². The van der Waals surface area contributed by atoms with E-state index >= 15 is 0 Å². The van der Waals surface area contributed by atoms with Gasteiger partial charge in [0.1, 0.15) is 6.04 Å². The third kappa shape index (κ3) is 3.67. The van der Waals surface area contributed by atoms with Crippen molar-refractivity contribution in [3.8, 4) is 0 Å². The van der Waals surface area contributed by atoms with Crippen LogP contribution < -0.4 is 5.32 Å². The highest BCUT2D eigenvalue weighted by atomic mass is 79.9. The zero-order valence-electron chi connectivity index (χ0n) is 10.7. The molecule has 2 rings (SSSR count). The zero-order valence-corrected chi connectivity index (χ0v) is 12.3. The lowest BCUT2D eigenvalue weighted by atomic mass is 10.1. The number of aromatic nitrogens is 2. The Morgan fingerprint density at radius 2 is 2.26 bits per heavy atom. The van der Waals surface area contributed by atoms with E-state index in [1.165, 1.54) is 5.56 Å². The van der Waals surface area contributed by atoms with Crippen molar-refractivity contribution in [3.63, 3.8) is 0 Å². The second-order valence-electron chi connectivity index (χ2n) is 4.32. The molecule has 0 aliphatic carbocycles. The molecular formula is C14H16BrN3O. The lowest BCUT2D eigenvalue weighted by molar-refractivity contribution is -0.123. The molecule has 1 amide bonds. The normalized spacial score (nSPS) is 12.1. The largest absolute Gasteiger partial charge is 0.354 e. The molecule has 1 heterocycles. The van der Waals surface area contributed by atoms with Crippen LogP contribution >= 0.6 is 15.9 Å². The third-order valence-electron chi connectivity index (χ3n) is 3.00. The summed E-state index contributed by atoms with van der Waals surface area (Å²) in [6.07, 6.45) is 5.92. The maximum atomic E-state index is 11.9. The Morgan fingerprint density at radius 1 is 1.47 bits per heavy atom. The fraction of sp³-hybridized carbons (Fsp3) is 0.286. The molecule has 19 heavy (non-hydrogen) atoms. The third-order valence-corrected chi connectivity index (χ3v) is 3.78. The van der Waals surface area contributed by atoms with Crippen LogP contribution in [0.1, 0.15) is 18.5 Å². The molecule has 1 aromatic heterocycles. The molecule has 0 saturated heterocycles. The van der Waals surface area contributed by atoms with Crippen LogP contribution in [-0.2, 0) is 11.2 Å². The number of nitrogens with zero attached hydrogens (tertiary/aromatic N) is 2. The predicted octanol–water partition coefficient (Wildman–Crippen LogP) is 2.57. The molecule has 0 saturated carbocycles. The molecule has 0 aliphatic rings. The fourth-order valence-corrected chi connectivity index (χ4v) is 2.29. The molecule has 0 spiro atoms. The molecule has 100 valence electrons. The van der Waals surface area contributed by atoms with Gasteiger partial charge in [-0.25, -0.2) is 4.98 Å². The van der Waals surface area contributed by atoms with E-state index in [2.05, 4.69) is 32.3 Å². The van der Waals surface area contributed by atoms with Crippen LogP contribution in [0.3, 0.4) is 0 Å². The molecule has 1 atom stereocenters. The van der Waals surface area contributed by atoms with Crippen LogP contribution in [0, 0.1) is 0 Å². The average Bonchev–Trinajstić information content (AvgIpc) is 2.94. The summed E-state index contributed by atoms with van der Waals surface area (Å²) in [5, 5.41) is 2.94. The summed E-state index contributed by atoms with van der Waals surface area (Å²) < 4.78 is 2.86. The highest BCUT2D eigenvalue weighted by molar-refractivity contribution is 9.10. The highest BCUT2D eigenvalue weighted by Crippen LogP contribution is 2.15. The first-order valence-electron chi connectivity index (χ1n) is 6.17. The van der Waals surface area contributed by atoms with Gasteiger partial charge >= 0.3 is 0 Å². The van der Waals surface area contributed by atoms with Gasteiger partial charge in [-0.1, -0.05) is 34.1 Å². The monoisotopic (exact) mass is 321 g/mol. The SMILES string of the molecule is CC(C(=O)NCCc1ccccc1Br)n1ccnc1. The van der Waals surface area contributed by atoms with Crippen molar-refractivity contribution in [1.29, 1.82) is 0 Å². The Bertz CT molecular complexity index is 539. The minimum atomic E-state index is -0.235. The maximum Gasteiger partial charge on any atom is 0.242 e. The highest BCUT2D eigenvalue weighted by Gasteiger charge is 2.13. The number of hydrogen-bond donors (Lipinski definition) is 1. The Hall–Kier alpha value is -1.62. The van der Waals surface area contributed by atoms with E-state index in [0.717, 1.165) is 10.9 Å². The van der Waals surface area contributed by atoms with Crippen LogP contribution in [0.25, 0.3) is 0 Å². The van der Waals surface area contributed by atoms with Gasteiger partial charge in [0, 0.05) is 23.4 Å². The first-order chi connectivity index (χ1) is 9.18. The van der Waals surface area contributed by atoms with Crippen LogP contribution in [0.5, 0.6) is 0 Å². The van der Waals surface area contributed by atoms with Crippen LogP contribution in [0.4, 0.5) is 0 Å². The minimum Gasteiger partial charge on any atom is -0.354 e. The van der Waals surface area contributed by atoms with E-state index in [9.17, 15) is 4.79 Å². The second kappa shape index (κ2) is 6.52. The van der Waals surface area contributed by atoms with Gasteiger partial charge in [-0.05, 0) is 25.0 Å². The Balaban J connectivity index is 1.83. The summed E-state index contributed by atoms with van der Waals surface area (Å²) >= 11 is 3.50. The lowest BCUT2D eigenvalue weighted by Gasteiger charge is -2.13. The van der Waals surface area contributed by atoms with E-state index in [1.54, 1.807) is 23.3 Å². The number of benzene rings is 1. The van der Waals surface area contributed by atoms with Gasteiger partial charge < -0.3 is 9.88 Å². The van der Waals surface area contributed by atoms with Crippen molar-refractivity contribution in [1.82, 2.24) is 14.9 Å². The first kappa shape index (κ1) is 13.8. The van der Waals surface area contributed by atoms with Crippen LogP contribution in [0.15, 0.2) is 47.5 Å². The number of halogens is 1. The molecule has 5 heteroatoms. The fourth-order valence-electron chi connectivity index (χ4n) is 1.80. The first-order valence-corrected chi connectivity index (χ1v) is 6.96. The van der Waals surface area contributed by atoms with Crippen LogP contribution in [-0.4, -0.2) is 22.0 Å². The van der Waals surface area contributed by atoms with Gasteiger partial charge in [-0.3, -0.25) is 4.79 Å². The Kier molecular flexibility index (Phi) is 4.74. The summed E-state index contributed by atoms with van der Waals surface area (Å²) in [5.74, 6) is 0.00468. The van der Waals surface area contributed by atoms with Crippen LogP contribution in [0.2, 0.25) is 0 Å². The summed E-state index contributed by atoms with van der Waals surface area (Å²) in [5.41, 5.74) is 1.19. The minimum absolute atomic E-state index is 0.00468. The molecule has 0 aliphatic heterocycles. The predicted molar refractivity (Wildman–Crippen MR) is 77.8 cm³/mol. The Morgan fingerprint density at radius 3 is 2.95 bits per heavy atom. The van der Waals surface area contributed by atoms with Crippen molar-refractivity contribution >= 4 is 21.8 Å². The quantitative estimate of drug-likeness (QED) is 0.920. The number of rotatable bonds is 5. The lowest BCUT2D eigenvalue weighted by Crippen LogP contribution is -2.32. The molecule has 0 bridgehead atoms. The van der Waals surface area contributed by atoms with Gasteiger partial charge in [0.2, 0.25) is 5.91 Å². The molecular weight excluding hydrogens is 306 g/mol. The maximum absolute atomic E-state index is 11.9. The van der Waals surface area contributed by atoms with Gasteiger partial charge in [0.15, 0.2) is 0 Å². The van der Waals surface area contributed by atoms with Crippen molar-refractivity contribution in [2.45, 2.75) is 19.4 Å². The number of imidazole rings is 1. The van der Waals surface area contributed by atoms with Crippen molar-refractivity contribution in [3.05, 3.63) is 53.0 Å². The van der Waals surface area contributed by atoms with E-state index in [1.807, 2.05) is 25.1 Å². The smallest absolute Gasteiger partial charge is 0.242 e. The van der Waals surface area contributed by atoms with E-state index < -0.39 is 0 Å². The summed E-state index contributed by atoms with van der Waals surface area (Å²) in [6.45, 7) is 2.48. The number of amides is 1. The van der Waals surface area contributed by atoms with E-state index in [4.69, 9.17) is 0 Å². The Labute approximate surface area is 121 Å². The number of carbonyl (C=O) groups is 1. The standard InChI is InChI=1S/C14H16BrN3O/c1-11(18-9-8-16-10-18)14(19)17-7-6-12-4-2-3-5-13(12)15/h2-5,8-11H,6-7H2,1H3,(H,17,19). The second-order valence-corrected chi connectivity index (χ2v) is 5.17. The van der Waals surface area contributed by atoms with Gasteiger partial charge in [0.25, 0.3) is 0 Å². The molecule has 1 unspecified atom stereocenters. The molecule has 1 N–H and O–H groups in total. The van der Waals surface area contributed by atoms with Crippen molar-refractivity contribution in [2.24, 2.45) is 0 Å². The molecule has 1 aromatic carbocycles. The number of hydrogen-bond acceptors (Lipinski definition) is 2.